The predicted molar refractivity (Wildman–Crippen MR) is 248 cm³/mol. The highest BCUT2D eigenvalue weighted by Crippen LogP contribution is 2.27. The topological polar surface area (TPSA) is 261 Å². The number of hydrogen-bond acceptors (Lipinski definition) is 12. The minimum Gasteiger partial charge on any atom is -0.379 e. The van der Waals surface area contributed by atoms with Crippen LogP contribution in [0.5, 0.6) is 11.5 Å². The van der Waals surface area contributed by atoms with Crippen molar-refractivity contribution in [1.82, 2.24) is 0 Å². The summed E-state index contributed by atoms with van der Waals surface area (Å²) in [4.78, 5) is 24.6. The van der Waals surface area contributed by atoms with Gasteiger partial charge in [-0.1, -0.05) is 54.6 Å². The number of nitrogens with one attached hydrogen (secondary N) is 6. The van der Waals surface area contributed by atoms with Crippen molar-refractivity contribution in [2.24, 2.45) is 0 Å². The van der Waals surface area contributed by atoms with Gasteiger partial charge in [-0.25, -0.2) is 26.4 Å². The van der Waals surface area contributed by atoms with E-state index in [9.17, 15) is 43.3 Å². The molecule has 0 saturated carbocycles. The zero-order valence-electron chi connectivity index (χ0n) is 33.9. The Hall–Kier alpha value is -7.92. The summed E-state index contributed by atoms with van der Waals surface area (Å²) in [7, 11) is -16.9. The summed E-state index contributed by atoms with van der Waals surface area (Å²) in [6, 6.07) is 40.9. The van der Waals surface area contributed by atoms with Crippen molar-refractivity contribution >= 4 is 86.5 Å². The van der Waals surface area contributed by atoms with Crippen LogP contribution >= 0.6 is 0 Å². The minimum atomic E-state index is -4.65. The van der Waals surface area contributed by atoms with Crippen LogP contribution in [-0.4, -0.2) is 45.7 Å². The molecule has 7 aromatic carbocycles. The van der Waals surface area contributed by atoms with Crippen LogP contribution in [0.4, 0.5) is 43.7 Å². The molecule has 7 rings (SSSR count). The molecule has 0 spiro atoms. The van der Waals surface area contributed by atoms with E-state index in [0.29, 0.717) is 11.4 Å². The van der Waals surface area contributed by atoms with E-state index < -0.39 is 62.1 Å². The van der Waals surface area contributed by atoms with Gasteiger partial charge in [0.15, 0.2) is 0 Å². The van der Waals surface area contributed by atoms with Crippen molar-refractivity contribution in [2.45, 2.75) is 19.6 Å². The SMILES string of the molecule is O=C(Nc1ccc(NS(=O)(=O)c2ccccc2)cc1)Nc1cccc(OS(=O)(=O)c2cccc(S(=O)(=O)Oc3cccc(NC(=O)Nc4ccc(NS(=O)(=O)c5ccccc5)cc4)c3)c2)c1. The van der Waals surface area contributed by atoms with E-state index in [1.54, 1.807) is 36.4 Å². The lowest BCUT2D eigenvalue weighted by Crippen LogP contribution is -2.19. The third-order valence-corrected chi connectivity index (χ3v) is 14.2. The normalized spacial score (nSPS) is 11.6. The first-order valence-corrected chi connectivity index (χ1v) is 24.9. The molecule has 0 aliphatic rings. The van der Waals surface area contributed by atoms with E-state index in [-0.39, 0.29) is 44.0 Å². The number of carbonyl (C=O) groups excluding carboxylic acids is 2. The smallest absolute Gasteiger partial charge is 0.339 e. The van der Waals surface area contributed by atoms with Crippen LogP contribution in [0.2, 0.25) is 0 Å². The molecule has 66 heavy (non-hydrogen) atoms. The number of rotatable bonds is 16. The van der Waals surface area contributed by atoms with Gasteiger partial charge in [0.2, 0.25) is 0 Å². The van der Waals surface area contributed by atoms with Gasteiger partial charge < -0.3 is 29.6 Å². The molecular formula is C44H36N6O12S4. The van der Waals surface area contributed by atoms with Crippen molar-refractivity contribution in [1.29, 1.82) is 0 Å². The Bertz CT molecular complexity index is 3130. The summed E-state index contributed by atoms with van der Waals surface area (Å²) in [5, 5.41) is 10.2. The molecule has 338 valence electrons. The molecule has 18 nitrogen and oxygen atoms in total. The number of carbonyl (C=O) groups is 2. The molecule has 0 saturated heterocycles. The fraction of sp³-hybridized carbons (Fsp3) is 0. The van der Waals surface area contributed by atoms with Gasteiger partial charge in [0.1, 0.15) is 21.3 Å². The molecule has 22 heteroatoms. The monoisotopic (exact) mass is 968 g/mol. The molecule has 0 atom stereocenters. The van der Waals surface area contributed by atoms with Gasteiger partial charge in [0.05, 0.1) is 9.79 Å². The average molecular weight is 969 g/mol. The minimum absolute atomic E-state index is 0.0794. The van der Waals surface area contributed by atoms with E-state index in [0.717, 1.165) is 18.2 Å². The maximum Gasteiger partial charge on any atom is 0.339 e. The quantitative estimate of drug-likeness (QED) is 0.0502. The van der Waals surface area contributed by atoms with Crippen LogP contribution in [0.25, 0.3) is 0 Å². The van der Waals surface area contributed by atoms with E-state index in [2.05, 4.69) is 30.7 Å². The van der Waals surface area contributed by atoms with Crippen LogP contribution in [0.1, 0.15) is 0 Å². The fourth-order valence-corrected chi connectivity index (χ4v) is 10.0. The Balaban J connectivity index is 0.925. The Morgan fingerprint density at radius 2 is 0.636 bits per heavy atom. The average Bonchev–Trinajstić information content (AvgIpc) is 3.28. The molecule has 6 N–H and O–H groups in total. The Morgan fingerprint density at radius 1 is 0.318 bits per heavy atom. The third-order valence-electron chi connectivity index (χ3n) is 8.88. The van der Waals surface area contributed by atoms with Crippen LogP contribution < -0.4 is 39.1 Å². The Kier molecular flexibility index (Phi) is 13.6. The summed E-state index contributed by atoms with van der Waals surface area (Å²) in [5.41, 5.74) is 1.40. The summed E-state index contributed by atoms with van der Waals surface area (Å²) >= 11 is 0. The molecule has 0 aromatic heterocycles. The van der Waals surface area contributed by atoms with Crippen molar-refractivity contribution in [3.8, 4) is 11.5 Å². The van der Waals surface area contributed by atoms with E-state index in [1.807, 2.05) is 0 Å². The molecule has 0 radical (unpaired) electrons. The van der Waals surface area contributed by atoms with Crippen molar-refractivity contribution in [3.05, 3.63) is 182 Å². The van der Waals surface area contributed by atoms with E-state index >= 15 is 0 Å². The fourth-order valence-electron chi connectivity index (χ4n) is 5.84. The van der Waals surface area contributed by atoms with Crippen LogP contribution in [-0.2, 0) is 40.3 Å². The molecule has 4 amide bonds. The summed E-state index contributed by atoms with van der Waals surface area (Å²) in [6.07, 6.45) is 0. The number of amides is 4. The van der Waals surface area contributed by atoms with Gasteiger partial charge in [0.25, 0.3) is 20.0 Å². The molecule has 7 aromatic rings. The Morgan fingerprint density at radius 3 is 1.02 bits per heavy atom. The van der Waals surface area contributed by atoms with E-state index in [1.165, 1.54) is 127 Å². The highest BCUT2D eigenvalue weighted by molar-refractivity contribution is 7.93. The molecule has 0 aliphatic heterocycles. The molecule has 0 bridgehead atoms. The molecule has 0 heterocycles. The maximum atomic E-state index is 13.3. The predicted octanol–water partition coefficient (Wildman–Crippen LogP) is 8.11. The van der Waals surface area contributed by atoms with Gasteiger partial charge in [0, 0.05) is 46.3 Å². The highest BCUT2D eigenvalue weighted by Gasteiger charge is 2.24. The zero-order valence-corrected chi connectivity index (χ0v) is 37.1. The standard InChI is InChI=1S/C44H36N6O12S4/c51-43(45-31-20-24-33(25-21-31)49-63(53,54)39-14-3-1-4-15-39)47-35-10-7-12-37(28-35)61-65(57,58)41-18-9-19-42(30-41)66(59,60)62-38-13-8-11-36(29-38)48-44(52)46-32-22-26-34(27-23-32)50-64(55,56)40-16-5-2-6-17-40/h1-30,49-50H,(H2,45,47,51)(H2,46,48,52). The number of urea groups is 2. The van der Waals surface area contributed by atoms with Gasteiger partial charge in [-0.15, -0.1) is 0 Å². The summed E-state index contributed by atoms with van der Waals surface area (Å²) in [5.74, 6) is -0.437. The van der Waals surface area contributed by atoms with E-state index in [4.69, 9.17) is 8.37 Å². The van der Waals surface area contributed by atoms with Crippen LogP contribution in [0, 0.1) is 0 Å². The number of anilines is 6. The second-order valence-electron chi connectivity index (χ2n) is 13.8. The number of hydrogen-bond donors (Lipinski definition) is 6. The largest absolute Gasteiger partial charge is 0.379 e. The van der Waals surface area contributed by atoms with Crippen LogP contribution in [0.15, 0.2) is 202 Å². The first-order chi connectivity index (χ1) is 31.4. The Labute approximate surface area is 380 Å². The maximum absolute atomic E-state index is 13.3. The van der Waals surface area contributed by atoms with Crippen molar-refractivity contribution < 1.29 is 51.6 Å². The van der Waals surface area contributed by atoms with Gasteiger partial charge >= 0.3 is 32.3 Å². The number of benzene rings is 7. The second-order valence-corrected chi connectivity index (χ2v) is 20.2. The lowest BCUT2D eigenvalue weighted by molar-refractivity contribution is 0.261. The molecule has 0 unspecified atom stereocenters. The molecule has 0 fully saturated rings. The first kappa shape index (κ1) is 46.1. The third kappa shape index (κ3) is 12.2. The second kappa shape index (κ2) is 19.4. The van der Waals surface area contributed by atoms with Crippen molar-refractivity contribution in [2.75, 3.05) is 30.7 Å². The lowest BCUT2D eigenvalue weighted by atomic mass is 10.3. The van der Waals surface area contributed by atoms with Crippen molar-refractivity contribution in [3.63, 3.8) is 0 Å². The zero-order chi connectivity index (χ0) is 47.0. The highest BCUT2D eigenvalue weighted by atomic mass is 32.2. The molecule has 0 aliphatic carbocycles. The summed E-state index contributed by atoms with van der Waals surface area (Å²) < 4.78 is 119. The number of sulfonamides is 2. The first-order valence-electron chi connectivity index (χ1n) is 19.1. The van der Waals surface area contributed by atoms with Gasteiger partial charge in [-0.2, -0.15) is 16.8 Å². The summed E-state index contributed by atoms with van der Waals surface area (Å²) in [6.45, 7) is 0. The van der Waals surface area contributed by atoms with Crippen LogP contribution in [0.3, 0.4) is 0 Å². The molecular weight excluding hydrogens is 933 g/mol. The van der Waals surface area contributed by atoms with Gasteiger partial charge in [-0.05, 0) is 115 Å². The van der Waals surface area contributed by atoms with Gasteiger partial charge in [-0.3, -0.25) is 9.44 Å². The lowest BCUT2D eigenvalue weighted by Gasteiger charge is -2.12.